The summed E-state index contributed by atoms with van der Waals surface area (Å²) in [6.45, 7) is 3.14. The van der Waals surface area contributed by atoms with E-state index in [9.17, 15) is 0 Å². The molecular weight excluding hydrogens is 255 g/mol. The van der Waals surface area contributed by atoms with Gasteiger partial charge in [-0.3, -0.25) is 0 Å². The molecule has 0 unspecified atom stereocenters. The molecule has 0 aliphatic carbocycles. The van der Waals surface area contributed by atoms with Gasteiger partial charge < -0.3 is 9.84 Å². The zero-order valence-electron chi connectivity index (χ0n) is 6.85. The number of halogens is 1. The Morgan fingerprint density at radius 2 is 2.45 bits per heavy atom. The zero-order chi connectivity index (χ0) is 8.32. The van der Waals surface area contributed by atoms with Crippen LogP contribution in [0.4, 0.5) is 0 Å². The maximum absolute atomic E-state index is 9.15. The average Bonchev–Trinajstić information content (AvgIpc) is 2.49. The van der Waals surface area contributed by atoms with Crippen LogP contribution in [-0.2, 0) is 4.74 Å². The van der Waals surface area contributed by atoms with Gasteiger partial charge in [-0.05, 0) is 12.8 Å². The Kier molecular flexibility index (Phi) is 3.58. The summed E-state index contributed by atoms with van der Waals surface area (Å²) in [7, 11) is 0. The van der Waals surface area contributed by atoms with Crippen molar-refractivity contribution in [1.29, 1.82) is 0 Å². The van der Waals surface area contributed by atoms with E-state index in [2.05, 4.69) is 29.5 Å². The summed E-state index contributed by atoms with van der Waals surface area (Å²) in [6.07, 6.45) is 2.43. The molecule has 0 bridgehead atoms. The lowest BCUT2D eigenvalue weighted by Gasteiger charge is -2.22. The second-order valence-corrected chi connectivity index (χ2v) is 4.18. The summed E-state index contributed by atoms with van der Waals surface area (Å²) in [5, 5.41) is 9.15. The number of aliphatic hydroxyl groups excluding tert-OH is 1. The SMILES string of the molecule is CC[C@@]1(CO)CO[C@H](CI)C1. The van der Waals surface area contributed by atoms with Crippen LogP contribution in [0.1, 0.15) is 19.8 Å². The largest absolute Gasteiger partial charge is 0.396 e. The van der Waals surface area contributed by atoms with E-state index in [1.54, 1.807) is 0 Å². The van der Waals surface area contributed by atoms with Gasteiger partial charge in [-0.25, -0.2) is 0 Å². The molecule has 0 aromatic carbocycles. The van der Waals surface area contributed by atoms with Gasteiger partial charge in [0.15, 0.2) is 0 Å². The van der Waals surface area contributed by atoms with Gasteiger partial charge in [0, 0.05) is 9.84 Å². The second-order valence-electron chi connectivity index (χ2n) is 3.30. The molecule has 2 atom stereocenters. The topological polar surface area (TPSA) is 29.5 Å². The molecule has 3 heteroatoms. The number of hydrogen-bond acceptors (Lipinski definition) is 2. The molecule has 0 radical (unpaired) electrons. The second kappa shape index (κ2) is 4.05. The van der Waals surface area contributed by atoms with Crippen LogP contribution in [0.5, 0.6) is 0 Å². The number of ether oxygens (including phenoxy) is 1. The summed E-state index contributed by atoms with van der Waals surface area (Å²) >= 11 is 2.33. The Bertz CT molecular complexity index is 123. The first-order valence-electron chi connectivity index (χ1n) is 4.05. The minimum Gasteiger partial charge on any atom is -0.396 e. The van der Waals surface area contributed by atoms with Gasteiger partial charge in [0.05, 0.1) is 19.3 Å². The molecule has 1 N–H and O–H groups in total. The fourth-order valence-electron chi connectivity index (χ4n) is 1.46. The van der Waals surface area contributed by atoms with E-state index in [1.807, 2.05) is 0 Å². The van der Waals surface area contributed by atoms with Crippen LogP contribution in [0.15, 0.2) is 0 Å². The summed E-state index contributed by atoms with van der Waals surface area (Å²) in [5.41, 5.74) is 0.0792. The van der Waals surface area contributed by atoms with E-state index < -0.39 is 0 Å². The van der Waals surface area contributed by atoms with Crippen LogP contribution >= 0.6 is 22.6 Å². The molecule has 1 saturated heterocycles. The summed E-state index contributed by atoms with van der Waals surface area (Å²) in [4.78, 5) is 0. The fraction of sp³-hybridized carbons (Fsp3) is 1.00. The molecule has 0 aromatic rings. The predicted molar refractivity (Wildman–Crippen MR) is 53.1 cm³/mol. The van der Waals surface area contributed by atoms with Gasteiger partial charge in [0.2, 0.25) is 0 Å². The van der Waals surface area contributed by atoms with Crippen molar-refractivity contribution in [3.8, 4) is 0 Å². The monoisotopic (exact) mass is 270 g/mol. The van der Waals surface area contributed by atoms with Gasteiger partial charge in [-0.2, -0.15) is 0 Å². The number of alkyl halides is 1. The van der Waals surface area contributed by atoms with Gasteiger partial charge in [0.1, 0.15) is 0 Å². The maximum atomic E-state index is 9.15. The first-order valence-corrected chi connectivity index (χ1v) is 5.57. The molecule has 1 heterocycles. The lowest BCUT2D eigenvalue weighted by atomic mass is 9.84. The van der Waals surface area contributed by atoms with Crippen LogP contribution in [0.2, 0.25) is 0 Å². The van der Waals surface area contributed by atoms with Crippen molar-refractivity contribution in [2.24, 2.45) is 5.41 Å². The highest BCUT2D eigenvalue weighted by Crippen LogP contribution is 2.35. The molecule has 2 nitrogen and oxygen atoms in total. The Balaban J connectivity index is 2.48. The maximum Gasteiger partial charge on any atom is 0.0671 e. The molecule has 0 amide bonds. The number of hydrogen-bond donors (Lipinski definition) is 1. The van der Waals surface area contributed by atoms with E-state index >= 15 is 0 Å². The highest BCUT2D eigenvalue weighted by atomic mass is 127. The quantitative estimate of drug-likeness (QED) is 0.623. The first kappa shape index (κ1) is 9.74. The van der Waals surface area contributed by atoms with Gasteiger partial charge in [-0.15, -0.1) is 0 Å². The van der Waals surface area contributed by atoms with Crippen molar-refractivity contribution < 1.29 is 9.84 Å². The third kappa shape index (κ3) is 2.06. The van der Waals surface area contributed by atoms with Crippen LogP contribution in [0.3, 0.4) is 0 Å². The molecule has 66 valence electrons. The van der Waals surface area contributed by atoms with Crippen molar-refractivity contribution >= 4 is 22.6 Å². The molecule has 1 rings (SSSR count). The lowest BCUT2D eigenvalue weighted by molar-refractivity contribution is 0.0770. The van der Waals surface area contributed by atoms with E-state index in [0.717, 1.165) is 23.9 Å². The molecule has 1 aliphatic rings. The average molecular weight is 270 g/mol. The van der Waals surface area contributed by atoms with E-state index in [0.29, 0.717) is 6.10 Å². The van der Waals surface area contributed by atoms with Crippen molar-refractivity contribution in [3.63, 3.8) is 0 Å². The molecule has 11 heavy (non-hydrogen) atoms. The van der Waals surface area contributed by atoms with Crippen molar-refractivity contribution in [3.05, 3.63) is 0 Å². The smallest absolute Gasteiger partial charge is 0.0671 e. The summed E-state index contributed by atoms with van der Waals surface area (Å²) in [5.74, 6) is 0. The van der Waals surface area contributed by atoms with E-state index in [4.69, 9.17) is 9.84 Å². The van der Waals surface area contributed by atoms with Gasteiger partial charge >= 0.3 is 0 Å². The van der Waals surface area contributed by atoms with Crippen LogP contribution in [0.25, 0.3) is 0 Å². The normalized spacial score (nSPS) is 37.9. The van der Waals surface area contributed by atoms with Gasteiger partial charge in [0.25, 0.3) is 0 Å². The lowest BCUT2D eigenvalue weighted by Crippen LogP contribution is -2.25. The third-order valence-electron chi connectivity index (χ3n) is 2.54. The molecular formula is C8H15IO2. The molecule has 1 aliphatic heterocycles. The molecule has 0 saturated carbocycles. The highest BCUT2D eigenvalue weighted by Gasteiger charge is 2.37. The fourth-order valence-corrected chi connectivity index (χ4v) is 2.03. The highest BCUT2D eigenvalue weighted by molar-refractivity contribution is 14.1. The Hall–Kier alpha value is 0.650. The standard InChI is InChI=1S/C8H15IO2/c1-2-8(5-10)3-7(4-9)11-6-8/h7,10H,2-6H2,1H3/t7-,8+/m0/s1. The minimum absolute atomic E-state index is 0.0792. The zero-order valence-corrected chi connectivity index (χ0v) is 9.00. The van der Waals surface area contributed by atoms with Crippen molar-refractivity contribution in [2.45, 2.75) is 25.9 Å². The third-order valence-corrected chi connectivity index (χ3v) is 3.53. The molecule has 0 spiro atoms. The summed E-state index contributed by atoms with van der Waals surface area (Å²) < 4.78 is 6.57. The predicted octanol–water partition coefficient (Wildman–Crippen LogP) is 1.60. The Labute approximate surface area is 81.5 Å². The Morgan fingerprint density at radius 3 is 2.73 bits per heavy atom. The van der Waals surface area contributed by atoms with Crippen molar-refractivity contribution in [2.75, 3.05) is 17.6 Å². The molecule has 1 fully saturated rings. The van der Waals surface area contributed by atoms with Crippen molar-refractivity contribution in [1.82, 2.24) is 0 Å². The Morgan fingerprint density at radius 1 is 1.73 bits per heavy atom. The number of aliphatic hydroxyl groups is 1. The van der Waals surface area contributed by atoms with Crippen LogP contribution in [0, 0.1) is 5.41 Å². The van der Waals surface area contributed by atoms with Gasteiger partial charge in [-0.1, -0.05) is 29.5 Å². The first-order chi connectivity index (χ1) is 5.26. The van der Waals surface area contributed by atoms with E-state index in [1.165, 1.54) is 0 Å². The minimum atomic E-state index is 0.0792. The van der Waals surface area contributed by atoms with Crippen LogP contribution < -0.4 is 0 Å². The number of rotatable bonds is 3. The molecule has 0 aromatic heterocycles. The van der Waals surface area contributed by atoms with Crippen LogP contribution in [-0.4, -0.2) is 28.9 Å². The summed E-state index contributed by atoms with van der Waals surface area (Å²) in [6, 6.07) is 0. The van der Waals surface area contributed by atoms with E-state index in [-0.39, 0.29) is 12.0 Å².